The highest BCUT2D eigenvalue weighted by Crippen LogP contribution is 2.36. The summed E-state index contributed by atoms with van der Waals surface area (Å²) in [5.74, 6) is 0.159. The molecule has 0 amide bonds. The van der Waals surface area contributed by atoms with Crippen molar-refractivity contribution in [1.29, 1.82) is 5.26 Å². The number of hydrogen-bond acceptors (Lipinski definition) is 3. The van der Waals surface area contributed by atoms with Crippen LogP contribution in [-0.2, 0) is 9.84 Å². The third-order valence-corrected chi connectivity index (χ3v) is 4.41. The Labute approximate surface area is 66.9 Å². The van der Waals surface area contributed by atoms with E-state index < -0.39 is 15.3 Å². The normalized spacial score (nSPS) is 41.7. The average Bonchev–Trinajstić information content (AvgIpc) is 2.03. The zero-order valence-electron chi connectivity index (χ0n) is 6.66. The van der Waals surface area contributed by atoms with Gasteiger partial charge in [0.05, 0.1) is 23.0 Å². The van der Waals surface area contributed by atoms with E-state index in [1.54, 1.807) is 6.92 Å². The number of rotatable bonds is 0. The van der Waals surface area contributed by atoms with E-state index in [1.165, 1.54) is 0 Å². The summed E-state index contributed by atoms with van der Waals surface area (Å²) in [5, 5.41) is 8.71. The first-order valence-electron chi connectivity index (χ1n) is 3.51. The van der Waals surface area contributed by atoms with Gasteiger partial charge in [-0.25, -0.2) is 8.42 Å². The van der Waals surface area contributed by atoms with E-state index in [-0.39, 0.29) is 17.4 Å². The lowest BCUT2D eigenvalue weighted by Gasteiger charge is -2.16. The lowest BCUT2D eigenvalue weighted by molar-refractivity contribution is 0.378. The Bertz CT molecular complexity index is 301. The van der Waals surface area contributed by atoms with Crippen molar-refractivity contribution in [1.82, 2.24) is 0 Å². The Kier molecular flexibility index (Phi) is 1.72. The van der Waals surface area contributed by atoms with Gasteiger partial charge in [0.2, 0.25) is 0 Å². The summed E-state index contributed by atoms with van der Waals surface area (Å²) in [6.07, 6.45) is 0. The minimum atomic E-state index is -2.94. The molecule has 1 aliphatic heterocycles. The summed E-state index contributed by atoms with van der Waals surface area (Å²) in [7, 11) is -2.94. The first-order valence-corrected chi connectivity index (χ1v) is 5.33. The van der Waals surface area contributed by atoms with Gasteiger partial charge in [-0.3, -0.25) is 0 Å². The third kappa shape index (κ3) is 1.38. The Balaban J connectivity index is 3.02. The van der Waals surface area contributed by atoms with E-state index in [9.17, 15) is 8.42 Å². The molecule has 3 nitrogen and oxygen atoms in total. The molecule has 1 heterocycles. The molecule has 2 atom stereocenters. The molecule has 1 rings (SSSR count). The Morgan fingerprint density at radius 3 is 2.36 bits per heavy atom. The fraction of sp³-hybridized carbons (Fsp3) is 0.857. The molecule has 0 aromatic carbocycles. The second-order valence-electron chi connectivity index (χ2n) is 3.48. The van der Waals surface area contributed by atoms with Gasteiger partial charge in [0, 0.05) is 0 Å². The summed E-state index contributed by atoms with van der Waals surface area (Å²) in [5.41, 5.74) is -0.654. The molecule has 0 spiro atoms. The molecule has 0 aromatic rings. The van der Waals surface area contributed by atoms with Crippen molar-refractivity contribution in [3.63, 3.8) is 0 Å². The lowest BCUT2D eigenvalue weighted by atomic mass is 9.83. The van der Waals surface area contributed by atoms with Crippen molar-refractivity contribution < 1.29 is 8.42 Å². The van der Waals surface area contributed by atoms with Crippen LogP contribution < -0.4 is 0 Å². The minimum absolute atomic E-state index is 0.0255. The zero-order valence-corrected chi connectivity index (χ0v) is 7.48. The van der Waals surface area contributed by atoms with E-state index in [1.807, 2.05) is 6.92 Å². The molecule has 1 aliphatic rings. The summed E-state index contributed by atoms with van der Waals surface area (Å²) in [6.45, 7) is 3.52. The average molecular weight is 173 g/mol. The van der Waals surface area contributed by atoms with Crippen molar-refractivity contribution in [3.05, 3.63) is 0 Å². The molecule has 0 saturated carbocycles. The molecule has 4 heteroatoms. The number of nitrogens with zero attached hydrogens (tertiary/aromatic N) is 1. The van der Waals surface area contributed by atoms with Crippen LogP contribution in [0, 0.1) is 22.7 Å². The first kappa shape index (κ1) is 8.54. The highest BCUT2D eigenvalue weighted by molar-refractivity contribution is 7.91. The summed E-state index contributed by atoms with van der Waals surface area (Å²) < 4.78 is 22.1. The third-order valence-electron chi connectivity index (χ3n) is 2.37. The van der Waals surface area contributed by atoms with Crippen LogP contribution in [0.1, 0.15) is 13.8 Å². The van der Waals surface area contributed by atoms with Crippen LogP contribution in [0.25, 0.3) is 0 Å². The Morgan fingerprint density at radius 2 is 2.18 bits per heavy atom. The van der Waals surface area contributed by atoms with Gasteiger partial charge in [0.1, 0.15) is 0 Å². The Hall–Kier alpha value is -0.560. The van der Waals surface area contributed by atoms with Crippen LogP contribution in [-0.4, -0.2) is 19.9 Å². The molecule has 1 saturated heterocycles. The van der Waals surface area contributed by atoms with Crippen LogP contribution in [0.4, 0.5) is 0 Å². The van der Waals surface area contributed by atoms with Gasteiger partial charge in [-0.1, -0.05) is 6.92 Å². The molecule has 0 N–H and O–H groups in total. The second-order valence-corrected chi connectivity index (χ2v) is 5.59. The van der Waals surface area contributed by atoms with Crippen molar-refractivity contribution in [2.75, 3.05) is 11.5 Å². The Morgan fingerprint density at radius 1 is 1.64 bits per heavy atom. The van der Waals surface area contributed by atoms with Crippen molar-refractivity contribution in [2.24, 2.45) is 11.3 Å². The molecular weight excluding hydrogens is 162 g/mol. The summed E-state index contributed by atoms with van der Waals surface area (Å²) in [6, 6.07) is 2.07. The van der Waals surface area contributed by atoms with Crippen LogP contribution in [0.15, 0.2) is 0 Å². The van der Waals surface area contributed by atoms with Gasteiger partial charge in [-0.05, 0) is 12.8 Å². The lowest BCUT2D eigenvalue weighted by Crippen LogP contribution is -2.21. The predicted octanol–water partition coefficient (Wildman–Crippen LogP) is 0.581. The first-order chi connectivity index (χ1) is 4.90. The zero-order chi connectivity index (χ0) is 8.70. The van der Waals surface area contributed by atoms with Gasteiger partial charge >= 0.3 is 0 Å². The number of sulfone groups is 1. The maximum atomic E-state index is 11.1. The van der Waals surface area contributed by atoms with Crippen molar-refractivity contribution in [2.45, 2.75) is 13.8 Å². The SMILES string of the molecule is CC1CS(=O)(=O)CC1(C)C#N. The minimum Gasteiger partial charge on any atom is -0.229 e. The van der Waals surface area contributed by atoms with Crippen LogP contribution in [0.3, 0.4) is 0 Å². The quantitative estimate of drug-likeness (QED) is 0.538. The number of hydrogen-bond donors (Lipinski definition) is 0. The van der Waals surface area contributed by atoms with Gasteiger partial charge in [0.25, 0.3) is 0 Å². The van der Waals surface area contributed by atoms with Gasteiger partial charge < -0.3 is 0 Å². The van der Waals surface area contributed by atoms with Gasteiger partial charge in [-0.2, -0.15) is 5.26 Å². The van der Waals surface area contributed by atoms with Crippen LogP contribution in [0.2, 0.25) is 0 Å². The topological polar surface area (TPSA) is 57.9 Å². The highest BCUT2D eigenvalue weighted by atomic mass is 32.2. The molecule has 0 bridgehead atoms. The number of nitriles is 1. The molecular formula is C7H11NO2S. The van der Waals surface area contributed by atoms with Crippen molar-refractivity contribution >= 4 is 9.84 Å². The van der Waals surface area contributed by atoms with E-state index in [0.29, 0.717) is 0 Å². The molecule has 1 fully saturated rings. The highest BCUT2D eigenvalue weighted by Gasteiger charge is 2.44. The maximum absolute atomic E-state index is 11.1. The fourth-order valence-electron chi connectivity index (χ4n) is 1.37. The second kappa shape index (κ2) is 2.21. The molecule has 0 radical (unpaired) electrons. The van der Waals surface area contributed by atoms with Crippen LogP contribution in [0.5, 0.6) is 0 Å². The molecule has 0 aromatic heterocycles. The monoisotopic (exact) mass is 173 g/mol. The molecule has 62 valence electrons. The predicted molar refractivity (Wildman–Crippen MR) is 41.5 cm³/mol. The van der Waals surface area contributed by atoms with E-state index in [4.69, 9.17) is 5.26 Å². The molecule has 11 heavy (non-hydrogen) atoms. The maximum Gasteiger partial charge on any atom is 0.152 e. The standard InChI is InChI=1S/C7H11NO2S/c1-6-3-11(9,10)5-7(6,2)4-8/h6H,3,5H2,1-2H3. The van der Waals surface area contributed by atoms with Crippen molar-refractivity contribution in [3.8, 4) is 6.07 Å². The molecule has 2 unspecified atom stereocenters. The molecule has 0 aliphatic carbocycles. The fourth-order valence-corrected chi connectivity index (χ4v) is 3.88. The smallest absolute Gasteiger partial charge is 0.152 e. The van der Waals surface area contributed by atoms with E-state index in [0.717, 1.165) is 0 Å². The largest absolute Gasteiger partial charge is 0.229 e. The summed E-state index contributed by atoms with van der Waals surface area (Å²) in [4.78, 5) is 0. The van der Waals surface area contributed by atoms with Gasteiger partial charge in [-0.15, -0.1) is 0 Å². The summed E-state index contributed by atoms with van der Waals surface area (Å²) >= 11 is 0. The van der Waals surface area contributed by atoms with Gasteiger partial charge in [0.15, 0.2) is 9.84 Å². The van der Waals surface area contributed by atoms with Crippen LogP contribution >= 0.6 is 0 Å². The van der Waals surface area contributed by atoms with E-state index in [2.05, 4.69) is 6.07 Å². The van der Waals surface area contributed by atoms with E-state index >= 15 is 0 Å².